The molecule has 0 saturated carbocycles. The molecule has 4 aromatic heterocycles. The van der Waals surface area contributed by atoms with Gasteiger partial charge in [-0.15, -0.1) is 0 Å². The molecule has 548 valence electrons. The smallest absolute Gasteiger partial charge is 0.387 e. The van der Waals surface area contributed by atoms with E-state index in [1.165, 1.54) is 76.5 Å². The number of sulfone groups is 3. The Morgan fingerprint density at radius 1 is 0.486 bits per heavy atom. The fraction of sp³-hybridized carbons (Fsp3) is 0.267. The molecule has 0 radical (unpaired) electrons. The van der Waals surface area contributed by atoms with E-state index in [-0.39, 0.29) is 70.5 Å². The lowest BCUT2D eigenvalue weighted by molar-refractivity contribution is -0.0514. The van der Waals surface area contributed by atoms with Crippen LogP contribution in [0.2, 0.25) is 0 Å². The van der Waals surface area contributed by atoms with Crippen LogP contribution in [-0.4, -0.2) is 141 Å². The van der Waals surface area contributed by atoms with Crippen LogP contribution in [0.3, 0.4) is 0 Å². The average molecular weight is 1500 g/mol. The molecule has 0 fully saturated rings. The zero-order valence-electron chi connectivity index (χ0n) is 58.1. The van der Waals surface area contributed by atoms with E-state index in [0.717, 1.165) is 35.5 Å². The van der Waals surface area contributed by atoms with Gasteiger partial charge in [0.25, 0.3) is 0 Å². The summed E-state index contributed by atoms with van der Waals surface area (Å²) in [6, 6.07) is 37.7. The highest BCUT2D eigenvalue weighted by molar-refractivity contribution is 7.91. The minimum Gasteiger partial charge on any atom is -0.493 e. The number of aromatic nitrogens is 8. The van der Waals surface area contributed by atoms with Crippen LogP contribution in [0.1, 0.15) is 65.4 Å². The molecule has 0 unspecified atom stereocenters. The summed E-state index contributed by atoms with van der Waals surface area (Å²) < 4.78 is 167. The van der Waals surface area contributed by atoms with E-state index in [1.54, 1.807) is 85.9 Å². The third-order valence-corrected chi connectivity index (χ3v) is 20.5. The Hall–Kier alpha value is -11.1. The summed E-state index contributed by atoms with van der Waals surface area (Å²) in [5, 5.41) is 8.29. The van der Waals surface area contributed by atoms with Gasteiger partial charge in [0, 0.05) is 53.6 Å². The molecule has 0 spiro atoms. The van der Waals surface area contributed by atoms with E-state index >= 15 is 4.39 Å². The summed E-state index contributed by atoms with van der Waals surface area (Å²) in [5.74, 6) is -1.05. The first-order valence-electron chi connectivity index (χ1n) is 33.0. The maximum atomic E-state index is 16.9. The van der Waals surface area contributed by atoms with E-state index in [2.05, 4.69) is 29.9 Å². The molecule has 12 rings (SSSR count). The molecule has 105 heavy (non-hydrogen) atoms. The van der Waals surface area contributed by atoms with E-state index in [1.807, 2.05) is 44.2 Å². The van der Waals surface area contributed by atoms with Gasteiger partial charge < -0.3 is 48.1 Å². The second-order valence-corrected chi connectivity index (χ2v) is 31.8. The molecule has 12 aromatic rings. The van der Waals surface area contributed by atoms with Crippen LogP contribution < -0.4 is 50.2 Å². The maximum absolute atomic E-state index is 16.9. The average Bonchev–Trinajstić information content (AvgIpc) is 1.64. The van der Waals surface area contributed by atoms with Gasteiger partial charge in [-0.3, -0.25) is 13.7 Å². The molecule has 0 amide bonds. The largest absolute Gasteiger partial charge is 0.493 e. The van der Waals surface area contributed by atoms with Gasteiger partial charge in [0.05, 0.1) is 108 Å². The van der Waals surface area contributed by atoms with E-state index in [4.69, 9.17) is 28.4 Å². The van der Waals surface area contributed by atoms with Gasteiger partial charge in [-0.05, 0) is 145 Å². The lowest BCUT2D eigenvalue weighted by atomic mass is 10.0. The number of halogens is 3. The number of rotatable bonds is 30. The molecule has 3 atom stereocenters. The van der Waals surface area contributed by atoms with Gasteiger partial charge >= 0.3 is 23.7 Å². The Kier molecular flexibility index (Phi) is 21.2. The van der Waals surface area contributed by atoms with Crippen molar-refractivity contribution in [2.24, 2.45) is 0 Å². The quantitative estimate of drug-likeness (QED) is 0.0377. The zero-order valence-corrected chi connectivity index (χ0v) is 60.6. The predicted molar refractivity (Wildman–Crippen MR) is 393 cm³/mol. The highest BCUT2D eigenvalue weighted by Gasteiger charge is 2.30. The van der Waals surface area contributed by atoms with Crippen LogP contribution >= 0.6 is 0 Å². The molecular formula is C75H73F3N8O16S3. The van der Waals surface area contributed by atoms with Crippen LogP contribution in [0.4, 0.5) is 13.2 Å². The predicted octanol–water partition coefficient (Wildman–Crippen LogP) is 11.4. The summed E-state index contributed by atoms with van der Waals surface area (Å²) in [7, 11) is -8.40. The highest BCUT2D eigenvalue weighted by atomic mass is 32.2. The van der Waals surface area contributed by atoms with Crippen molar-refractivity contribution in [3.05, 3.63) is 229 Å². The highest BCUT2D eigenvalue weighted by Crippen LogP contribution is 2.40. The van der Waals surface area contributed by atoms with Crippen molar-refractivity contribution in [1.82, 2.24) is 38.9 Å². The fourth-order valence-corrected chi connectivity index (χ4v) is 15.9. The van der Waals surface area contributed by atoms with Gasteiger partial charge in [-0.25, -0.2) is 44.0 Å². The summed E-state index contributed by atoms with van der Waals surface area (Å²) in [6.45, 7) is 2.33. The van der Waals surface area contributed by atoms with Crippen LogP contribution in [0.25, 0.3) is 66.6 Å². The van der Waals surface area contributed by atoms with Gasteiger partial charge in [0.2, 0.25) is 0 Å². The number of aryl methyl sites for hydroxylation is 1. The number of benzene rings is 8. The second kappa shape index (κ2) is 30.3. The lowest BCUT2D eigenvalue weighted by Gasteiger charge is -2.21. The number of ether oxygens (including phenoxy) is 7. The van der Waals surface area contributed by atoms with Crippen LogP contribution in [0.5, 0.6) is 40.2 Å². The minimum absolute atomic E-state index is 0.0614. The number of methoxy groups -OCH3 is 2. The Morgan fingerprint density at radius 2 is 0.943 bits per heavy atom. The summed E-state index contributed by atoms with van der Waals surface area (Å²) >= 11 is 0. The molecule has 0 aliphatic heterocycles. The fourth-order valence-electron chi connectivity index (χ4n) is 13.1. The SMILES string of the molecule is CCOc1cc([C@@H](CS(C)(=O)=O)n2c(=O)[nH]c3cc(-c4cccc(COc5cc([C@@H](CS(C)(=O)=O)n6c(=O)[nH]c7cc(-c8ccc(CCOc9cc([C@@H](CS(C)(=O)=O)n%10c(=O)[nH]c%11cc(-c%12nnccc%12C)ccc%11%10)ccc9OC)cc8OCC)ccc76)ccc5OC)c4F)ccc32)ccc1OC(F)F. The number of imidazole rings is 3. The third kappa shape index (κ3) is 16.3. The van der Waals surface area contributed by atoms with E-state index in [0.29, 0.717) is 85.9 Å². The van der Waals surface area contributed by atoms with Crippen molar-refractivity contribution in [2.45, 2.75) is 58.5 Å². The number of nitrogens with one attached hydrogen (secondary N) is 3. The number of hydrogen-bond donors (Lipinski definition) is 3. The van der Waals surface area contributed by atoms with Crippen molar-refractivity contribution in [2.75, 3.05) is 70.1 Å². The Morgan fingerprint density at radius 3 is 1.42 bits per heavy atom. The number of nitrogens with zero attached hydrogens (tertiary/aromatic N) is 5. The normalized spacial score (nSPS) is 13.0. The lowest BCUT2D eigenvalue weighted by Crippen LogP contribution is -2.28. The minimum atomic E-state index is -3.82. The van der Waals surface area contributed by atoms with E-state index < -0.39 is 94.4 Å². The monoisotopic (exact) mass is 1490 g/mol. The van der Waals surface area contributed by atoms with Gasteiger partial charge in [-0.1, -0.05) is 66.7 Å². The molecular weight excluding hydrogens is 1420 g/mol. The van der Waals surface area contributed by atoms with Crippen LogP contribution in [0.15, 0.2) is 172 Å². The molecule has 24 nitrogen and oxygen atoms in total. The topological polar surface area (TPSA) is 306 Å². The molecule has 30 heteroatoms. The molecule has 0 aliphatic carbocycles. The van der Waals surface area contributed by atoms with E-state index in [9.17, 15) is 48.4 Å². The Labute approximate surface area is 600 Å². The first-order chi connectivity index (χ1) is 50.1. The summed E-state index contributed by atoms with van der Waals surface area (Å²) in [4.78, 5) is 50.5. The van der Waals surface area contributed by atoms with Crippen molar-refractivity contribution >= 4 is 62.6 Å². The number of alkyl halides is 2. The van der Waals surface area contributed by atoms with Crippen LogP contribution in [-0.2, 0) is 42.5 Å². The first-order valence-corrected chi connectivity index (χ1v) is 39.2. The molecule has 0 bridgehead atoms. The van der Waals surface area contributed by atoms with Crippen LogP contribution in [0, 0.1) is 12.7 Å². The third-order valence-electron chi connectivity index (χ3n) is 17.8. The number of hydrogen-bond acceptors (Lipinski definition) is 18. The van der Waals surface area contributed by atoms with Crippen molar-refractivity contribution in [3.63, 3.8) is 0 Å². The Balaban J connectivity index is 0.775. The van der Waals surface area contributed by atoms with Gasteiger partial charge in [-0.2, -0.15) is 19.0 Å². The van der Waals surface area contributed by atoms with Gasteiger partial charge in [0.15, 0.2) is 34.5 Å². The summed E-state index contributed by atoms with van der Waals surface area (Å²) in [5.41, 5.74) is 6.36. The van der Waals surface area contributed by atoms with Crippen molar-refractivity contribution in [3.8, 4) is 73.8 Å². The first kappa shape index (κ1) is 73.6. The number of aromatic amines is 3. The maximum Gasteiger partial charge on any atom is 0.387 e. The number of fused-ring (bicyclic) bond motifs is 3. The molecule has 8 aromatic carbocycles. The number of H-pyrrole nitrogens is 3. The van der Waals surface area contributed by atoms with Crippen molar-refractivity contribution < 1.29 is 71.6 Å². The summed E-state index contributed by atoms with van der Waals surface area (Å²) in [6.07, 6.45) is 5.13. The molecule has 0 saturated heterocycles. The molecule has 4 heterocycles. The van der Waals surface area contributed by atoms with Gasteiger partial charge in [0.1, 0.15) is 47.7 Å². The molecule has 3 N–H and O–H groups in total. The standard InChI is InChI=1S/C75H73F3N8O16S3/c1-9-98-66-32-44(29-31-100-67-36-47(18-25-63(67)96-4)60(40-103(6,90)91)86-59-24-17-50(35-56(59)82-75(86)89)71-43(3)28-30-79-83-71)14-21-52(66)45-15-22-57-54(33-45)80-73(87)84(57)61(41-104(7,92)93)48-19-26-64(97-5)68(37-48)101-39-51-12-11-13-53(70(51)76)46-16-23-58-55(34-46)81-74(88)85(58)62(42-105(8,94)95)49-20-27-65(102-72(77)78)69(38-49)99-10-2/h11-28,30,32-38,60-62,72H,9-10,29,31,39-42H2,1-8H3,(H,80,87)(H,81,88)(H,82,89)/t60-,61-,62-/m1/s1. The zero-order chi connectivity index (χ0) is 74.8. The van der Waals surface area contributed by atoms with Crippen molar-refractivity contribution in [1.29, 1.82) is 0 Å². The second-order valence-electron chi connectivity index (χ2n) is 25.3. The Bertz CT molecular complexity index is 5850. The molecule has 0 aliphatic rings.